The van der Waals surface area contributed by atoms with Crippen LogP contribution in [0.3, 0.4) is 0 Å². The number of aryl methyl sites for hydroxylation is 1. The van der Waals surface area contributed by atoms with Crippen LogP contribution >= 0.6 is 0 Å². The molecule has 5 nitrogen and oxygen atoms in total. The van der Waals surface area contributed by atoms with Gasteiger partial charge < -0.3 is 9.51 Å². The molecular weight excluding hydrogens is 307 g/mol. The van der Waals surface area contributed by atoms with Gasteiger partial charge in [0.05, 0.1) is 29.3 Å². The number of hydrogen-bond donors (Lipinski definition) is 1. The van der Waals surface area contributed by atoms with E-state index in [2.05, 4.69) is 26.9 Å². The molecule has 1 atom stereocenters. The summed E-state index contributed by atoms with van der Waals surface area (Å²) in [4.78, 5) is 10.4. The van der Waals surface area contributed by atoms with Crippen LogP contribution in [0.4, 0.5) is 4.39 Å². The first kappa shape index (κ1) is 15.3. The van der Waals surface area contributed by atoms with E-state index < -0.39 is 0 Å². The van der Waals surface area contributed by atoms with Crippen molar-refractivity contribution in [2.45, 2.75) is 45.2 Å². The van der Waals surface area contributed by atoms with Crippen LogP contribution in [-0.2, 0) is 13.0 Å². The predicted molar refractivity (Wildman–Crippen MR) is 88.9 cm³/mol. The van der Waals surface area contributed by atoms with E-state index in [1.165, 1.54) is 25.0 Å². The highest BCUT2D eigenvalue weighted by Gasteiger charge is 2.27. The van der Waals surface area contributed by atoms with Gasteiger partial charge in [0.25, 0.3) is 0 Å². The van der Waals surface area contributed by atoms with Gasteiger partial charge in [0.2, 0.25) is 0 Å². The van der Waals surface area contributed by atoms with Gasteiger partial charge in [0.15, 0.2) is 5.76 Å². The van der Waals surface area contributed by atoms with Crippen LogP contribution in [0.2, 0.25) is 0 Å². The number of halogens is 1. The smallest absolute Gasteiger partial charge is 0.150 e. The average Bonchev–Trinajstić information content (AvgIpc) is 3.21. The number of imidazole rings is 1. The van der Waals surface area contributed by atoms with E-state index in [9.17, 15) is 4.39 Å². The average molecular weight is 328 g/mol. The molecule has 24 heavy (non-hydrogen) atoms. The summed E-state index contributed by atoms with van der Waals surface area (Å²) in [5.41, 5.74) is 2.55. The van der Waals surface area contributed by atoms with Gasteiger partial charge in [-0.05, 0) is 44.0 Å². The van der Waals surface area contributed by atoms with Crippen molar-refractivity contribution in [3.63, 3.8) is 0 Å². The Morgan fingerprint density at radius 2 is 2.25 bits per heavy atom. The highest BCUT2D eigenvalue weighted by molar-refractivity contribution is 5.75. The summed E-state index contributed by atoms with van der Waals surface area (Å²) in [5.74, 6) is 1.55. The Bertz CT molecular complexity index is 841. The van der Waals surface area contributed by atoms with Crippen LogP contribution in [0.5, 0.6) is 0 Å². The van der Waals surface area contributed by atoms with Crippen molar-refractivity contribution in [1.29, 1.82) is 0 Å². The van der Waals surface area contributed by atoms with Crippen LogP contribution in [-0.4, -0.2) is 26.6 Å². The van der Waals surface area contributed by atoms with Gasteiger partial charge in [-0.3, -0.25) is 4.90 Å². The summed E-state index contributed by atoms with van der Waals surface area (Å²) in [6.07, 6.45) is 4.25. The number of nitrogens with one attached hydrogen (secondary N) is 1. The van der Waals surface area contributed by atoms with Crippen molar-refractivity contribution in [3.8, 4) is 0 Å². The van der Waals surface area contributed by atoms with Gasteiger partial charge >= 0.3 is 0 Å². The van der Waals surface area contributed by atoms with E-state index in [-0.39, 0.29) is 11.9 Å². The Morgan fingerprint density at radius 3 is 3.08 bits per heavy atom. The van der Waals surface area contributed by atoms with Crippen molar-refractivity contribution < 1.29 is 8.91 Å². The quantitative estimate of drug-likeness (QED) is 0.787. The zero-order valence-electron chi connectivity index (χ0n) is 13.8. The fraction of sp³-hybridized carbons (Fsp3) is 0.444. The van der Waals surface area contributed by atoms with Gasteiger partial charge in [-0.25, -0.2) is 9.37 Å². The van der Waals surface area contributed by atoms with E-state index in [1.54, 1.807) is 6.07 Å². The van der Waals surface area contributed by atoms with Crippen molar-refractivity contribution in [3.05, 3.63) is 47.4 Å². The molecular formula is C18H21FN4O. The van der Waals surface area contributed by atoms with E-state index in [1.807, 2.05) is 6.07 Å². The molecule has 0 bridgehead atoms. The number of aromatic nitrogens is 3. The fourth-order valence-corrected chi connectivity index (χ4v) is 3.45. The number of nitrogens with zero attached hydrogens (tertiary/aromatic N) is 3. The second-order valence-corrected chi connectivity index (χ2v) is 6.40. The summed E-state index contributed by atoms with van der Waals surface area (Å²) >= 11 is 0. The number of rotatable bonds is 4. The van der Waals surface area contributed by atoms with E-state index in [4.69, 9.17) is 4.52 Å². The molecule has 0 saturated carbocycles. The van der Waals surface area contributed by atoms with E-state index >= 15 is 0 Å². The molecule has 1 N–H and O–H groups in total. The third kappa shape index (κ3) is 2.94. The molecule has 2 aromatic heterocycles. The topological polar surface area (TPSA) is 58.0 Å². The van der Waals surface area contributed by atoms with Gasteiger partial charge in [-0.2, -0.15) is 0 Å². The van der Waals surface area contributed by atoms with E-state index in [0.29, 0.717) is 0 Å². The summed E-state index contributed by atoms with van der Waals surface area (Å²) in [7, 11) is 0. The van der Waals surface area contributed by atoms with Crippen LogP contribution in [0.15, 0.2) is 28.8 Å². The van der Waals surface area contributed by atoms with Crippen molar-refractivity contribution in [2.24, 2.45) is 0 Å². The molecule has 0 amide bonds. The standard InChI is InChI=1S/C18H21FN4O/c1-2-13-10-14(24-22-13)11-23-8-4-3-5-17(23)18-20-15-7-6-12(19)9-16(15)21-18/h6-7,9-10,17H,2-5,8,11H2,1H3,(H,20,21)/t17-/m1/s1. The van der Waals surface area contributed by atoms with Gasteiger partial charge in [-0.1, -0.05) is 18.5 Å². The molecule has 4 rings (SSSR count). The molecule has 0 spiro atoms. The number of aromatic amines is 1. The first-order chi connectivity index (χ1) is 11.7. The maximum absolute atomic E-state index is 13.4. The number of likely N-dealkylation sites (tertiary alicyclic amines) is 1. The lowest BCUT2D eigenvalue weighted by molar-refractivity contribution is 0.121. The first-order valence-corrected chi connectivity index (χ1v) is 8.56. The monoisotopic (exact) mass is 328 g/mol. The third-order valence-electron chi connectivity index (χ3n) is 4.72. The van der Waals surface area contributed by atoms with Gasteiger partial charge in [0.1, 0.15) is 11.6 Å². The van der Waals surface area contributed by atoms with Gasteiger partial charge in [-0.15, -0.1) is 0 Å². The zero-order valence-corrected chi connectivity index (χ0v) is 13.8. The third-order valence-corrected chi connectivity index (χ3v) is 4.72. The van der Waals surface area contributed by atoms with Crippen LogP contribution in [0.1, 0.15) is 49.5 Å². The Balaban J connectivity index is 1.60. The molecule has 1 fully saturated rings. The normalized spacial score (nSPS) is 19.2. The van der Waals surface area contributed by atoms with Gasteiger partial charge in [0, 0.05) is 6.07 Å². The molecule has 1 aliphatic rings. The molecule has 0 radical (unpaired) electrons. The molecule has 1 saturated heterocycles. The molecule has 6 heteroatoms. The minimum absolute atomic E-state index is 0.199. The molecule has 3 heterocycles. The molecule has 126 valence electrons. The van der Waals surface area contributed by atoms with Crippen LogP contribution < -0.4 is 0 Å². The maximum Gasteiger partial charge on any atom is 0.150 e. The number of hydrogen-bond acceptors (Lipinski definition) is 4. The summed E-state index contributed by atoms with van der Waals surface area (Å²) in [6.45, 7) is 3.79. The Kier molecular flexibility index (Phi) is 4.06. The minimum atomic E-state index is -0.244. The molecule has 1 aliphatic heterocycles. The SMILES string of the molecule is CCc1cc(CN2CCCC[C@@H]2c2nc3ccc(F)cc3[nH]2)on1. The Morgan fingerprint density at radius 1 is 1.33 bits per heavy atom. The lowest BCUT2D eigenvalue weighted by Crippen LogP contribution is -2.33. The van der Waals surface area contributed by atoms with Crippen molar-refractivity contribution in [2.75, 3.05) is 6.54 Å². The highest BCUT2D eigenvalue weighted by atomic mass is 19.1. The van der Waals surface area contributed by atoms with Crippen molar-refractivity contribution in [1.82, 2.24) is 20.0 Å². The second-order valence-electron chi connectivity index (χ2n) is 6.40. The first-order valence-electron chi connectivity index (χ1n) is 8.56. The lowest BCUT2D eigenvalue weighted by Gasteiger charge is -2.33. The molecule has 1 aromatic carbocycles. The molecule has 0 unspecified atom stereocenters. The predicted octanol–water partition coefficient (Wildman–Crippen LogP) is 3.98. The number of piperidine rings is 1. The largest absolute Gasteiger partial charge is 0.360 e. The van der Waals surface area contributed by atoms with Crippen molar-refractivity contribution >= 4 is 11.0 Å². The highest BCUT2D eigenvalue weighted by Crippen LogP contribution is 2.32. The number of H-pyrrole nitrogens is 1. The Labute approximate surface area is 139 Å². The van der Waals surface area contributed by atoms with Crippen LogP contribution in [0, 0.1) is 5.82 Å². The summed E-state index contributed by atoms with van der Waals surface area (Å²) < 4.78 is 18.9. The molecule has 0 aliphatic carbocycles. The van der Waals surface area contributed by atoms with Crippen LogP contribution in [0.25, 0.3) is 11.0 Å². The second kappa shape index (κ2) is 6.36. The van der Waals surface area contributed by atoms with E-state index in [0.717, 1.165) is 54.2 Å². The summed E-state index contributed by atoms with van der Waals surface area (Å²) in [5, 5.41) is 4.08. The number of fused-ring (bicyclic) bond motifs is 1. The minimum Gasteiger partial charge on any atom is -0.360 e. The lowest BCUT2D eigenvalue weighted by atomic mass is 10.0. The maximum atomic E-state index is 13.4. The number of benzene rings is 1. The zero-order chi connectivity index (χ0) is 16.5. The summed E-state index contributed by atoms with van der Waals surface area (Å²) in [6, 6.07) is 6.90. The molecule has 3 aromatic rings. The Hall–Kier alpha value is -2.21. The fourth-order valence-electron chi connectivity index (χ4n) is 3.45.